The Labute approximate surface area is 160 Å². The molecule has 2 aromatic rings. The van der Waals surface area contributed by atoms with E-state index in [0.717, 1.165) is 31.7 Å². The summed E-state index contributed by atoms with van der Waals surface area (Å²) in [7, 11) is 0. The lowest BCUT2D eigenvalue weighted by Gasteiger charge is -2.34. The maximum atomic E-state index is 10.1. The molecule has 0 saturated carbocycles. The van der Waals surface area contributed by atoms with E-state index in [4.69, 9.17) is 9.26 Å². The molecule has 1 aliphatic rings. The Kier molecular flexibility index (Phi) is 6.95. The van der Waals surface area contributed by atoms with Gasteiger partial charge in [-0.2, -0.15) is 4.98 Å². The third-order valence-electron chi connectivity index (χ3n) is 4.69. The summed E-state index contributed by atoms with van der Waals surface area (Å²) in [5.74, 6) is 1.28. The van der Waals surface area contributed by atoms with Crippen molar-refractivity contribution in [3.63, 3.8) is 0 Å². The number of aromatic nitrogens is 2. The molecule has 1 aromatic carbocycles. The maximum Gasteiger partial charge on any atom is 0.241 e. The molecule has 1 unspecified atom stereocenters. The third-order valence-corrected chi connectivity index (χ3v) is 4.69. The van der Waals surface area contributed by atoms with Crippen LogP contribution in [0.5, 0.6) is 0 Å². The first-order valence-corrected chi connectivity index (χ1v) is 9.63. The van der Waals surface area contributed by atoms with E-state index in [1.807, 2.05) is 38.1 Å². The second kappa shape index (κ2) is 9.41. The summed E-state index contributed by atoms with van der Waals surface area (Å²) in [4.78, 5) is 9.10. The Morgan fingerprint density at radius 3 is 2.44 bits per heavy atom. The predicted molar refractivity (Wildman–Crippen MR) is 103 cm³/mol. The van der Waals surface area contributed by atoms with Gasteiger partial charge in [-0.1, -0.05) is 35.0 Å². The largest absolute Gasteiger partial charge is 0.389 e. The van der Waals surface area contributed by atoms with E-state index in [0.29, 0.717) is 31.4 Å². The van der Waals surface area contributed by atoms with Crippen molar-refractivity contribution in [2.45, 2.75) is 39.5 Å². The van der Waals surface area contributed by atoms with E-state index in [9.17, 15) is 5.11 Å². The Morgan fingerprint density at radius 1 is 1.11 bits per heavy atom. The van der Waals surface area contributed by atoms with Crippen LogP contribution in [-0.4, -0.2) is 76.6 Å². The predicted octanol–water partition coefficient (Wildman–Crippen LogP) is 1.95. The minimum Gasteiger partial charge on any atom is -0.389 e. The number of nitrogens with zero attached hydrogens (tertiary/aromatic N) is 4. The van der Waals surface area contributed by atoms with E-state index >= 15 is 0 Å². The van der Waals surface area contributed by atoms with Gasteiger partial charge in [-0.15, -0.1) is 0 Å². The van der Waals surface area contributed by atoms with Gasteiger partial charge in [0, 0.05) is 38.3 Å². The number of ether oxygens (including phenoxy) is 1. The molecule has 1 N–H and O–H groups in total. The first-order valence-electron chi connectivity index (χ1n) is 9.63. The molecule has 1 atom stereocenters. The number of β-amino-alcohol motifs (C(OH)–C–C–N with tert-alkyl or cyclic N) is 1. The molecule has 0 amide bonds. The number of aliphatic hydroxyl groups excluding tert-OH is 1. The molecule has 0 radical (unpaired) electrons. The van der Waals surface area contributed by atoms with E-state index < -0.39 is 6.10 Å². The zero-order valence-electron chi connectivity index (χ0n) is 16.5. The molecule has 7 heteroatoms. The van der Waals surface area contributed by atoms with Gasteiger partial charge in [0.15, 0.2) is 0 Å². The molecular weight excluding hydrogens is 344 g/mol. The van der Waals surface area contributed by atoms with Gasteiger partial charge in [0.05, 0.1) is 25.4 Å². The van der Waals surface area contributed by atoms with Gasteiger partial charge in [-0.25, -0.2) is 0 Å². The number of rotatable bonds is 8. The fourth-order valence-corrected chi connectivity index (χ4v) is 3.11. The van der Waals surface area contributed by atoms with Gasteiger partial charge in [0.25, 0.3) is 0 Å². The van der Waals surface area contributed by atoms with Gasteiger partial charge in [-0.05, 0) is 20.8 Å². The molecule has 0 bridgehead atoms. The maximum absolute atomic E-state index is 10.1. The van der Waals surface area contributed by atoms with E-state index in [1.54, 1.807) is 0 Å². The Hall–Kier alpha value is -1.80. The van der Waals surface area contributed by atoms with E-state index in [2.05, 4.69) is 26.9 Å². The lowest BCUT2D eigenvalue weighted by molar-refractivity contribution is -0.0152. The van der Waals surface area contributed by atoms with Gasteiger partial charge in [0.1, 0.15) is 0 Å². The van der Waals surface area contributed by atoms with Crippen LogP contribution in [0.3, 0.4) is 0 Å². The van der Waals surface area contributed by atoms with Crippen molar-refractivity contribution in [3.05, 3.63) is 35.7 Å². The van der Waals surface area contributed by atoms with Crippen LogP contribution < -0.4 is 0 Å². The highest BCUT2D eigenvalue weighted by Crippen LogP contribution is 2.17. The molecule has 7 nitrogen and oxygen atoms in total. The number of benzene rings is 1. The highest BCUT2D eigenvalue weighted by Gasteiger charge is 2.21. The average molecular weight is 374 g/mol. The minimum absolute atomic E-state index is 0.149. The molecule has 3 rings (SSSR count). The fourth-order valence-electron chi connectivity index (χ4n) is 3.11. The highest BCUT2D eigenvalue weighted by molar-refractivity contribution is 5.54. The van der Waals surface area contributed by atoms with E-state index in [1.165, 1.54) is 5.56 Å². The summed E-state index contributed by atoms with van der Waals surface area (Å²) >= 11 is 0. The van der Waals surface area contributed by atoms with Crippen molar-refractivity contribution < 1.29 is 14.4 Å². The molecule has 1 aliphatic heterocycles. The first-order chi connectivity index (χ1) is 13.0. The zero-order valence-corrected chi connectivity index (χ0v) is 16.5. The first kappa shape index (κ1) is 19.9. The van der Waals surface area contributed by atoms with Crippen molar-refractivity contribution >= 4 is 0 Å². The van der Waals surface area contributed by atoms with Crippen LogP contribution in [0.2, 0.25) is 0 Å². The van der Waals surface area contributed by atoms with Gasteiger partial charge in [0.2, 0.25) is 11.7 Å². The van der Waals surface area contributed by atoms with Crippen LogP contribution in [0.25, 0.3) is 11.4 Å². The number of hydrogen-bond donors (Lipinski definition) is 1. The molecule has 1 saturated heterocycles. The van der Waals surface area contributed by atoms with Crippen LogP contribution in [0.4, 0.5) is 0 Å². The quantitative estimate of drug-likeness (QED) is 0.757. The summed E-state index contributed by atoms with van der Waals surface area (Å²) in [6.07, 6.45) is -0.289. The monoisotopic (exact) mass is 374 g/mol. The number of hydrogen-bond acceptors (Lipinski definition) is 7. The second-order valence-corrected chi connectivity index (χ2v) is 7.49. The van der Waals surface area contributed by atoms with Crippen molar-refractivity contribution in [3.8, 4) is 11.4 Å². The van der Waals surface area contributed by atoms with Crippen molar-refractivity contribution in [2.75, 3.05) is 39.3 Å². The van der Waals surface area contributed by atoms with Crippen LogP contribution in [-0.2, 0) is 11.3 Å². The summed E-state index contributed by atoms with van der Waals surface area (Å²) < 4.78 is 10.9. The molecule has 1 aromatic heterocycles. The highest BCUT2D eigenvalue weighted by atomic mass is 16.5. The van der Waals surface area contributed by atoms with Crippen LogP contribution in [0.15, 0.2) is 28.8 Å². The van der Waals surface area contributed by atoms with Crippen LogP contribution >= 0.6 is 0 Å². The summed E-state index contributed by atoms with van der Waals surface area (Å²) in [6.45, 7) is 11.4. The topological polar surface area (TPSA) is 74.9 Å². The summed E-state index contributed by atoms with van der Waals surface area (Å²) in [5, 5.41) is 14.2. The van der Waals surface area contributed by atoms with Crippen molar-refractivity contribution in [2.24, 2.45) is 0 Å². The van der Waals surface area contributed by atoms with Crippen molar-refractivity contribution in [1.82, 2.24) is 19.9 Å². The molecule has 148 valence electrons. The number of piperazine rings is 1. The van der Waals surface area contributed by atoms with Gasteiger partial charge in [-0.3, -0.25) is 9.80 Å². The summed E-state index contributed by atoms with van der Waals surface area (Å²) in [6, 6.07) is 8.12. The smallest absolute Gasteiger partial charge is 0.241 e. The van der Waals surface area contributed by atoms with Crippen LogP contribution in [0.1, 0.15) is 25.3 Å². The van der Waals surface area contributed by atoms with Crippen LogP contribution in [0, 0.1) is 6.92 Å². The standard InChI is InChI=1S/C20H30N4O3/c1-15(2)26-14-18(25)12-23-8-10-24(11-9-23)13-19-21-20(22-27-19)17-6-4-16(3)5-7-17/h4-7,15,18,25H,8-14H2,1-3H3. The fraction of sp³-hybridized carbons (Fsp3) is 0.600. The summed E-state index contributed by atoms with van der Waals surface area (Å²) in [5.41, 5.74) is 2.18. The van der Waals surface area contributed by atoms with Gasteiger partial charge < -0.3 is 14.4 Å². The Balaban J connectivity index is 1.44. The van der Waals surface area contributed by atoms with E-state index in [-0.39, 0.29) is 6.10 Å². The SMILES string of the molecule is Cc1ccc(-c2noc(CN3CCN(CC(O)COC(C)C)CC3)n2)cc1. The average Bonchev–Trinajstić information content (AvgIpc) is 3.11. The number of aryl methyl sites for hydroxylation is 1. The normalized spacial score (nSPS) is 17.5. The minimum atomic E-state index is -0.438. The molecule has 1 fully saturated rings. The molecule has 27 heavy (non-hydrogen) atoms. The Bertz CT molecular complexity index is 694. The lowest BCUT2D eigenvalue weighted by Crippen LogP contribution is -2.48. The molecule has 2 heterocycles. The van der Waals surface area contributed by atoms with Gasteiger partial charge >= 0.3 is 0 Å². The lowest BCUT2D eigenvalue weighted by atomic mass is 10.1. The molecule has 0 aliphatic carbocycles. The molecule has 0 spiro atoms. The second-order valence-electron chi connectivity index (χ2n) is 7.49. The van der Waals surface area contributed by atoms with Crippen molar-refractivity contribution in [1.29, 1.82) is 0 Å². The molecular formula is C20H30N4O3. The zero-order chi connectivity index (χ0) is 19.2. The Morgan fingerprint density at radius 2 is 1.78 bits per heavy atom. The third kappa shape index (κ3) is 6.10. The number of aliphatic hydroxyl groups is 1.